The van der Waals surface area contributed by atoms with Crippen molar-refractivity contribution in [3.63, 3.8) is 0 Å². The van der Waals surface area contributed by atoms with Crippen molar-refractivity contribution in [3.05, 3.63) is 63.7 Å². The highest BCUT2D eigenvalue weighted by atomic mass is 16.5. The van der Waals surface area contributed by atoms with Crippen molar-refractivity contribution in [2.45, 2.75) is 47.5 Å². The van der Waals surface area contributed by atoms with Crippen LogP contribution in [0.4, 0.5) is 5.69 Å². The molecule has 0 saturated heterocycles. The molecule has 1 amide bonds. The lowest BCUT2D eigenvalue weighted by Crippen LogP contribution is -2.14. The molecule has 0 fully saturated rings. The van der Waals surface area contributed by atoms with Gasteiger partial charge in [-0.15, -0.1) is 0 Å². The fourth-order valence-electron chi connectivity index (χ4n) is 3.05. The van der Waals surface area contributed by atoms with Crippen molar-refractivity contribution in [2.24, 2.45) is 0 Å². The number of carbonyl (C=O) groups is 1. The summed E-state index contributed by atoms with van der Waals surface area (Å²) in [5.41, 5.74) is 5.73. The Morgan fingerprint density at radius 2 is 1.89 bits per heavy atom. The lowest BCUT2D eigenvalue weighted by atomic mass is 9.95. The molecule has 2 aromatic rings. The summed E-state index contributed by atoms with van der Waals surface area (Å²) in [6, 6.07) is 11.8. The number of nitrogens with zero attached hydrogens (tertiary/aromatic N) is 1. The van der Waals surface area contributed by atoms with Crippen LogP contribution in [0.5, 0.6) is 5.75 Å². The maximum atomic E-state index is 12.7. The van der Waals surface area contributed by atoms with Gasteiger partial charge in [0, 0.05) is 5.69 Å². The van der Waals surface area contributed by atoms with E-state index in [0.29, 0.717) is 12.3 Å². The number of nitriles is 1. The van der Waals surface area contributed by atoms with Crippen molar-refractivity contribution in [1.29, 1.82) is 5.26 Å². The molecule has 0 bridgehead atoms. The Hall–Kier alpha value is -3.06. The van der Waals surface area contributed by atoms with E-state index in [1.807, 2.05) is 64.1 Å². The second-order valence-electron chi connectivity index (χ2n) is 7.28. The number of anilines is 1. The second-order valence-corrected chi connectivity index (χ2v) is 7.28. The van der Waals surface area contributed by atoms with Crippen LogP contribution in [0.2, 0.25) is 0 Å². The summed E-state index contributed by atoms with van der Waals surface area (Å²) in [6.45, 7) is 12.6. The van der Waals surface area contributed by atoms with Crippen molar-refractivity contribution in [3.8, 4) is 11.8 Å². The Kier molecular flexibility index (Phi) is 7.00. The summed E-state index contributed by atoms with van der Waals surface area (Å²) >= 11 is 0. The van der Waals surface area contributed by atoms with Gasteiger partial charge in [0.25, 0.3) is 5.91 Å². The molecule has 4 heteroatoms. The molecule has 146 valence electrons. The van der Waals surface area contributed by atoms with Gasteiger partial charge in [-0.3, -0.25) is 4.79 Å². The van der Waals surface area contributed by atoms with Crippen molar-refractivity contribution < 1.29 is 9.53 Å². The Balaban J connectivity index is 2.39. The average molecular weight is 377 g/mol. The van der Waals surface area contributed by atoms with Crippen LogP contribution in [-0.2, 0) is 4.79 Å². The monoisotopic (exact) mass is 376 g/mol. The summed E-state index contributed by atoms with van der Waals surface area (Å²) in [6.07, 6.45) is 1.65. The molecule has 2 rings (SSSR count). The first kappa shape index (κ1) is 21.2. The van der Waals surface area contributed by atoms with E-state index >= 15 is 0 Å². The van der Waals surface area contributed by atoms with Crippen LogP contribution in [-0.4, -0.2) is 12.5 Å². The number of hydrogen-bond donors (Lipinski definition) is 1. The molecule has 0 unspecified atom stereocenters. The number of carbonyl (C=O) groups excluding carboxylic acids is 1. The summed E-state index contributed by atoms with van der Waals surface area (Å²) in [5.74, 6) is 0.711. The number of ether oxygens (including phenoxy) is 1. The number of aryl methyl sites for hydroxylation is 3. The zero-order chi connectivity index (χ0) is 20.8. The van der Waals surface area contributed by atoms with Gasteiger partial charge in [0.15, 0.2) is 0 Å². The molecular weight excluding hydrogens is 348 g/mol. The number of hydrogen-bond acceptors (Lipinski definition) is 3. The molecule has 1 N–H and O–H groups in total. The van der Waals surface area contributed by atoms with E-state index in [1.165, 1.54) is 0 Å². The topological polar surface area (TPSA) is 62.1 Å². The maximum absolute atomic E-state index is 12.7. The van der Waals surface area contributed by atoms with Crippen LogP contribution in [0, 0.1) is 32.1 Å². The van der Waals surface area contributed by atoms with Crippen LogP contribution >= 0.6 is 0 Å². The highest BCUT2D eigenvalue weighted by Crippen LogP contribution is 2.31. The molecule has 0 atom stereocenters. The van der Waals surface area contributed by atoms with E-state index in [-0.39, 0.29) is 11.5 Å². The van der Waals surface area contributed by atoms with E-state index in [0.717, 1.165) is 33.6 Å². The molecule has 28 heavy (non-hydrogen) atoms. The number of rotatable bonds is 6. The molecule has 0 spiro atoms. The summed E-state index contributed by atoms with van der Waals surface area (Å²) in [5, 5.41) is 12.4. The molecule has 0 aliphatic rings. The molecule has 0 aliphatic heterocycles. The van der Waals surface area contributed by atoms with E-state index in [4.69, 9.17) is 4.74 Å². The van der Waals surface area contributed by atoms with Gasteiger partial charge in [-0.05, 0) is 80.1 Å². The first-order chi connectivity index (χ1) is 13.3. The maximum Gasteiger partial charge on any atom is 0.266 e. The average Bonchev–Trinajstić information content (AvgIpc) is 2.63. The Morgan fingerprint density at radius 1 is 1.18 bits per heavy atom. The van der Waals surface area contributed by atoms with E-state index in [1.54, 1.807) is 6.08 Å². The Labute approximate surface area is 167 Å². The zero-order valence-electron chi connectivity index (χ0n) is 17.5. The predicted molar refractivity (Wildman–Crippen MR) is 115 cm³/mol. The van der Waals surface area contributed by atoms with Gasteiger partial charge in [0.05, 0.1) is 6.61 Å². The van der Waals surface area contributed by atoms with Crippen LogP contribution in [0.15, 0.2) is 35.9 Å². The number of benzene rings is 2. The third-order valence-corrected chi connectivity index (χ3v) is 4.62. The standard InChI is InChI=1S/C24H28N2O2/c1-7-28-23-11-17(5)19(13-21(23)15(2)3)12-20(14-25)24(27)26-22-9-8-16(4)10-18(22)6/h8-13,15H,7H2,1-6H3,(H,26,27)/b20-12+. The van der Waals surface area contributed by atoms with Gasteiger partial charge >= 0.3 is 0 Å². The quantitative estimate of drug-likeness (QED) is 0.521. The minimum atomic E-state index is -0.408. The minimum absolute atomic E-state index is 0.0712. The molecule has 0 aliphatic carbocycles. The molecule has 4 nitrogen and oxygen atoms in total. The number of nitrogens with one attached hydrogen (secondary N) is 1. The SMILES string of the molecule is CCOc1cc(C)c(/C=C(\C#N)C(=O)Nc2ccc(C)cc2C)cc1C(C)C. The van der Waals surface area contributed by atoms with Gasteiger partial charge in [-0.25, -0.2) is 0 Å². The predicted octanol–water partition coefficient (Wildman–Crippen LogP) is 5.68. The van der Waals surface area contributed by atoms with Gasteiger partial charge < -0.3 is 10.1 Å². The molecule has 0 radical (unpaired) electrons. The zero-order valence-corrected chi connectivity index (χ0v) is 17.5. The highest BCUT2D eigenvalue weighted by Gasteiger charge is 2.14. The summed E-state index contributed by atoms with van der Waals surface area (Å²) in [4.78, 5) is 12.7. The van der Waals surface area contributed by atoms with Crippen molar-refractivity contribution in [1.82, 2.24) is 0 Å². The van der Waals surface area contributed by atoms with Gasteiger partial charge in [0.1, 0.15) is 17.4 Å². The van der Waals surface area contributed by atoms with Crippen molar-refractivity contribution in [2.75, 3.05) is 11.9 Å². The van der Waals surface area contributed by atoms with Crippen LogP contribution in [0.25, 0.3) is 6.08 Å². The molecule has 0 heterocycles. The van der Waals surface area contributed by atoms with E-state index in [9.17, 15) is 10.1 Å². The highest BCUT2D eigenvalue weighted by molar-refractivity contribution is 6.10. The first-order valence-electron chi connectivity index (χ1n) is 9.54. The van der Waals surface area contributed by atoms with Gasteiger partial charge in [-0.1, -0.05) is 31.5 Å². The van der Waals surface area contributed by atoms with Crippen LogP contribution in [0.3, 0.4) is 0 Å². The van der Waals surface area contributed by atoms with Crippen molar-refractivity contribution >= 4 is 17.7 Å². The number of amides is 1. The third-order valence-electron chi connectivity index (χ3n) is 4.62. The molecule has 2 aromatic carbocycles. The minimum Gasteiger partial charge on any atom is -0.494 e. The lowest BCUT2D eigenvalue weighted by molar-refractivity contribution is -0.112. The fourth-order valence-corrected chi connectivity index (χ4v) is 3.05. The second kappa shape index (κ2) is 9.23. The fraction of sp³-hybridized carbons (Fsp3) is 0.333. The smallest absolute Gasteiger partial charge is 0.266 e. The van der Waals surface area contributed by atoms with Crippen LogP contribution in [0.1, 0.15) is 54.5 Å². The summed E-state index contributed by atoms with van der Waals surface area (Å²) in [7, 11) is 0. The Bertz CT molecular complexity index is 950. The largest absolute Gasteiger partial charge is 0.494 e. The first-order valence-corrected chi connectivity index (χ1v) is 9.54. The third kappa shape index (κ3) is 5.01. The van der Waals surface area contributed by atoms with E-state index in [2.05, 4.69) is 19.2 Å². The summed E-state index contributed by atoms with van der Waals surface area (Å²) < 4.78 is 5.75. The normalized spacial score (nSPS) is 11.3. The van der Waals surface area contributed by atoms with Gasteiger partial charge in [-0.2, -0.15) is 5.26 Å². The van der Waals surface area contributed by atoms with Crippen LogP contribution < -0.4 is 10.1 Å². The Morgan fingerprint density at radius 3 is 2.46 bits per heavy atom. The molecule has 0 aromatic heterocycles. The van der Waals surface area contributed by atoms with Gasteiger partial charge in [0.2, 0.25) is 0 Å². The molecule has 0 saturated carbocycles. The molecular formula is C24H28N2O2. The lowest BCUT2D eigenvalue weighted by Gasteiger charge is -2.16. The van der Waals surface area contributed by atoms with E-state index < -0.39 is 5.91 Å².